The number of hydrogen-bond acceptors (Lipinski definition) is 5. The molecule has 0 bridgehead atoms. The van der Waals surface area contributed by atoms with Crippen LogP contribution in [0.4, 0.5) is 0 Å². The van der Waals surface area contributed by atoms with Gasteiger partial charge in [-0.2, -0.15) is 0 Å². The van der Waals surface area contributed by atoms with Crippen molar-refractivity contribution >= 4 is 29.0 Å². The van der Waals surface area contributed by atoms with Crippen molar-refractivity contribution < 1.29 is 4.79 Å². The van der Waals surface area contributed by atoms with Gasteiger partial charge in [0.25, 0.3) is 0 Å². The van der Waals surface area contributed by atoms with E-state index in [4.69, 9.17) is 0 Å². The first kappa shape index (κ1) is 19.2. The summed E-state index contributed by atoms with van der Waals surface area (Å²) in [5.41, 5.74) is 1.16. The van der Waals surface area contributed by atoms with Crippen molar-refractivity contribution in [2.24, 2.45) is 0 Å². The van der Waals surface area contributed by atoms with Crippen molar-refractivity contribution in [2.45, 2.75) is 49.8 Å². The van der Waals surface area contributed by atoms with Crippen molar-refractivity contribution in [3.8, 4) is 10.7 Å². The molecule has 1 atom stereocenters. The zero-order valence-corrected chi connectivity index (χ0v) is 17.5. The summed E-state index contributed by atoms with van der Waals surface area (Å²) >= 11 is 3.15. The van der Waals surface area contributed by atoms with Crippen molar-refractivity contribution in [3.05, 3.63) is 53.4 Å². The predicted octanol–water partition coefficient (Wildman–Crippen LogP) is 5.09. The summed E-state index contributed by atoms with van der Waals surface area (Å²) < 4.78 is 2.21. The maximum Gasteiger partial charge on any atom is 0.230 e. The van der Waals surface area contributed by atoms with Gasteiger partial charge in [0.2, 0.25) is 5.91 Å². The number of benzene rings is 1. The highest BCUT2D eigenvalue weighted by Crippen LogP contribution is 2.41. The van der Waals surface area contributed by atoms with E-state index < -0.39 is 0 Å². The van der Waals surface area contributed by atoms with E-state index in [1.54, 1.807) is 11.3 Å². The molecule has 4 rings (SSSR count). The average Bonchev–Trinajstić information content (AvgIpc) is 3.24. The lowest BCUT2D eigenvalue weighted by molar-refractivity contribution is -0.119. The molecule has 0 spiro atoms. The van der Waals surface area contributed by atoms with Gasteiger partial charge in [-0.3, -0.25) is 9.36 Å². The molecule has 1 N–H and O–H groups in total. The van der Waals surface area contributed by atoms with E-state index in [1.165, 1.54) is 11.8 Å². The van der Waals surface area contributed by atoms with Crippen LogP contribution < -0.4 is 5.32 Å². The fraction of sp³-hybridized carbons (Fsp3) is 0.381. The van der Waals surface area contributed by atoms with Gasteiger partial charge in [0, 0.05) is 6.04 Å². The van der Waals surface area contributed by atoms with E-state index in [2.05, 4.69) is 50.6 Å². The highest BCUT2D eigenvalue weighted by atomic mass is 32.2. The number of aromatic nitrogens is 3. The molecule has 146 valence electrons. The number of hydrogen-bond donors (Lipinski definition) is 1. The minimum atomic E-state index is 0.0373. The van der Waals surface area contributed by atoms with E-state index >= 15 is 0 Å². The molecule has 5 nitrogen and oxygen atoms in total. The highest BCUT2D eigenvalue weighted by Gasteiger charge is 2.30. The predicted molar refractivity (Wildman–Crippen MR) is 115 cm³/mol. The lowest BCUT2D eigenvalue weighted by atomic mass is 10.0. The third kappa shape index (κ3) is 4.47. The molecule has 1 aromatic carbocycles. The summed E-state index contributed by atoms with van der Waals surface area (Å²) in [6.45, 7) is 2.14. The molecule has 0 radical (unpaired) electrons. The number of nitrogens with one attached hydrogen (secondary N) is 1. The van der Waals surface area contributed by atoms with Crippen molar-refractivity contribution in [1.29, 1.82) is 0 Å². The molecule has 0 aliphatic heterocycles. The van der Waals surface area contributed by atoms with Crippen LogP contribution in [0.15, 0.2) is 53.0 Å². The number of carbonyl (C=O) groups excluding carboxylic acids is 1. The maximum absolute atomic E-state index is 12.6. The molecule has 7 heteroatoms. The minimum Gasteiger partial charge on any atom is -0.349 e. The Kier molecular flexibility index (Phi) is 6.12. The Labute approximate surface area is 173 Å². The van der Waals surface area contributed by atoms with Crippen molar-refractivity contribution in [2.75, 3.05) is 5.75 Å². The molecule has 1 amide bonds. The number of nitrogens with zero attached hydrogens (tertiary/aromatic N) is 3. The largest absolute Gasteiger partial charge is 0.349 e. The summed E-state index contributed by atoms with van der Waals surface area (Å²) in [5, 5.41) is 14.9. The molecular formula is C21H24N4OS2. The second-order valence-corrected chi connectivity index (χ2v) is 8.88. The third-order valence-electron chi connectivity index (χ3n) is 4.76. The molecule has 3 aromatic rings. The van der Waals surface area contributed by atoms with Gasteiger partial charge in [-0.25, -0.2) is 0 Å². The van der Waals surface area contributed by atoms with Crippen LogP contribution >= 0.6 is 23.1 Å². The monoisotopic (exact) mass is 412 g/mol. The van der Waals surface area contributed by atoms with Crippen LogP contribution in [0.25, 0.3) is 10.7 Å². The van der Waals surface area contributed by atoms with E-state index in [0.29, 0.717) is 11.8 Å². The van der Waals surface area contributed by atoms with Crippen LogP contribution in [0.1, 0.15) is 50.3 Å². The van der Waals surface area contributed by atoms with Crippen LogP contribution in [0.5, 0.6) is 0 Å². The Balaban J connectivity index is 1.42. The van der Waals surface area contributed by atoms with Crippen LogP contribution in [0.2, 0.25) is 0 Å². The summed E-state index contributed by atoms with van der Waals surface area (Å²) in [7, 11) is 0. The first-order valence-electron chi connectivity index (χ1n) is 9.72. The SMILES string of the molecule is CCC[C@H](NC(=O)CSc1nnc(-c2cccs2)n1C1CC1)c1ccccc1. The Morgan fingerprint density at radius 3 is 2.75 bits per heavy atom. The Morgan fingerprint density at radius 1 is 1.25 bits per heavy atom. The summed E-state index contributed by atoms with van der Waals surface area (Å²) in [6.07, 6.45) is 4.26. The van der Waals surface area contributed by atoms with Crippen LogP contribution in [0, 0.1) is 0 Å². The molecule has 1 saturated carbocycles. The first-order chi connectivity index (χ1) is 13.8. The normalized spacial score (nSPS) is 14.8. The standard InChI is InChI=1S/C21H24N4OS2/c1-2-7-17(15-8-4-3-5-9-15)22-19(26)14-28-21-24-23-20(18-10-6-13-27-18)25(21)16-11-12-16/h3-6,8-10,13,16-17H,2,7,11-12,14H2,1H3,(H,22,26)/t17-/m0/s1. The number of rotatable bonds is 9. The van der Waals surface area contributed by atoms with E-state index in [1.807, 2.05) is 24.3 Å². The highest BCUT2D eigenvalue weighted by molar-refractivity contribution is 7.99. The van der Waals surface area contributed by atoms with Crippen molar-refractivity contribution in [3.63, 3.8) is 0 Å². The lowest BCUT2D eigenvalue weighted by Gasteiger charge is -2.18. The molecule has 1 fully saturated rings. The van der Waals surface area contributed by atoms with Crippen LogP contribution in [-0.2, 0) is 4.79 Å². The van der Waals surface area contributed by atoms with E-state index in [0.717, 1.165) is 47.1 Å². The number of thioether (sulfide) groups is 1. The van der Waals surface area contributed by atoms with Gasteiger partial charge in [0.1, 0.15) is 0 Å². The Hall–Kier alpha value is -2.12. The quantitative estimate of drug-likeness (QED) is 0.497. The summed E-state index contributed by atoms with van der Waals surface area (Å²) in [4.78, 5) is 13.7. The molecule has 2 aromatic heterocycles. The Bertz CT molecular complexity index is 904. The second kappa shape index (κ2) is 8.92. The molecule has 1 aliphatic carbocycles. The van der Waals surface area contributed by atoms with E-state index in [9.17, 15) is 4.79 Å². The summed E-state index contributed by atoms with van der Waals surface area (Å²) in [5.74, 6) is 1.31. The van der Waals surface area contributed by atoms with Gasteiger partial charge in [-0.05, 0) is 36.3 Å². The van der Waals surface area contributed by atoms with Crippen molar-refractivity contribution in [1.82, 2.24) is 20.1 Å². The zero-order chi connectivity index (χ0) is 19.3. The van der Waals surface area contributed by atoms with Crippen LogP contribution in [-0.4, -0.2) is 26.4 Å². The van der Waals surface area contributed by atoms with E-state index in [-0.39, 0.29) is 11.9 Å². The summed E-state index contributed by atoms with van der Waals surface area (Å²) in [6, 6.07) is 14.8. The van der Waals surface area contributed by atoms with Gasteiger partial charge in [-0.15, -0.1) is 21.5 Å². The van der Waals surface area contributed by atoms with Gasteiger partial charge in [0.05, 0.1) is 16.7 Å². The first-order valence-corrected chi connectivity index (χ1v) is 11.6. The average molecular weight is 413 g/mol. The minimum absolute atomic E-state index is 0.0373. The van der Waals surface area contributed by atoms with Gasteiger partial charge >= 0.3 is 0 Å². The lowest BCUT2D eigenvalue weighted by Crippen LogP contribution is -2.30. The third-order valence-corrected chi connectivity index (χ3v) is 6.57. The fourth-order valence-corrected chi connectivity index (χ4v) is 4.80. The molecular weight excluding hydrogens is 388 g/mol. The Morgan fingerprint density at radius 2 is 2.07 bits per heavy atom. The molecule has 1 aliphatic rings. The molecule has 28 heavy (non-hydrogen) atoms. The second-order valence-electron chi connectivity index (χ2n) is 6.99. The van der Waals surface area contributed by atoms with Gasteiger partial charge in [-0.1, -0.05) is 61.5 Å². The van der Waals surface area contributed by atoms with Gasteiger partial charge < -0.3 is 5.32 Å². The molecule has 2 heterocycles. The molecule has 0 unspecified atom stereocenters. The fourth-order valence-electron chi connectivity index (χ4n) is 3.27. The number of amides is 1. The van der Waals surface area contributed by atoms with Gasteiger partial charge in [0.15, 0.2) is 11.0 Å². The van der Waals surface area contributed by atoms with Crippen LogP contribution in [0.3, 0.4) is 0 Å². The zero-order valence-electron chi connectivity index (χ0n) is 15.9. The number of carbonyl (C=O) groups is 1. The smallest absolute Gasteiger partial charge is 0.230 e. The maximum atomic E-state index is 12.6. The number of thiophene rings is 1. The molecule has 0 saturated heterocycles. The topological polar surface area (TPSA) is 59.8 Å².